The lowest BCUT2D eigenvalue weighted by Gasteiger charge is -2.00. The second-order valence-corrected chi connectivity index (χ2v) is 3.05. The third-order valence-corrected chi connectivity index (χ3v) is 1.95. The summed E-state index contributed by atoms with van der Waals surface area (Å²) in [6.07, 6.45) is 3.43. The SMILES string of the molecule is CC.COc1cncc(-c2cc(C)[nH]n2)c1. The first-order valence-corrected chi connectivity index (χ1v) is 5.31. The summed E-state index contributed by atoms with van der Waals surface area (Å²) >= 11 is 0. The molecule has 86 valence electrons. The molecule has 2 rings (SSSR count). The van der Waals surface area contributed by atoms with Crippen molar-refractivity contribution in [2.45, 2.75) is 20.8 Å². The zero-order valence-corrected chi connectivity index (χ0v) is 10.1. The number of nitrogens with one attached hydrogen (secondary N) is 1. The Bertz CT molecular complexity index is 437. The van der Waals surface area contributed by atoms with E-state index >= 15 is 0 Å². The summed E-state index contributed by atoms with van der Waals surface area (Å²) in [6, 6.07) is 3.87. The summed E-state index contributed by atoms with van der Waals surface area (Å²) in [5, 5.41) is 7.03. The molecule has 2 aromatic heterocycles. The van der Waals surface area contributed by atoms with Crippen LogP contribution >= 0.6 is 0 Å². The minimum Gasteiger partial charge on any atom is -0.495 e. The molecule has 0 radical (unpaired) electrons. The van der Waals surface area contributed by atoms with Gasteiger partial charge in [0.05, 0.1) is 19.0 Å². The van der Waals surface area contributed by atoms with Crippen LogP contribution in [0.1, 0.15) is 19.5 Å². The number of nitrogens with zero attached hydrogens (tertiary/aromatic N) is 2. The normalized spacial score (nSPS) is 9.25. The average molecular weight is 219 g/mol. The van der Waals surface area contributed by atoms with Crippen LogP contribution in [0.15, 0.2) is 24.5 Å². The summed E-state index contributed by atoms with van der Waals surface area (Å²) in [5.74, 6) is 0.739. The molecule has 1 N–H and O–H groups in total. The van der Waals surface area contributed by atoms with Crippen molar-refractivity contribution < 1.29 is 4.74 Å². The van der Waals surface area contributed by atoms with Crippen LogP contribution < -0.4 is 4.74 Å². The fourth-order valence-electron chi connectivity index (χ4n) is 1.24. The molecule has 2 heterocycles. The second-order valence-electron chi connectivity index (χ2n) is 3.05. The maximum atomic E-state index is 5.08. The molecule has 0 aliphatic carbocycles. The molecule has 0 amide bonds. The third-order valence-electron chi connectivity index (χ3n) is 1.95. The molecule has 0 spiro atoms. The van der Waals surface area contributed by atoms with Crippen molar-refractivity contribution in [1.29, 1.82) is 0 Å². The Labute approximate surface area is 95.7 Å². The van der Waals surface area contributed by atoms with Gasteiger partial charge < -0.3 is 4.74 Å². The molecule has 2 aromatic rings. The van der Waals surface area contributed by atoms with Crippen LogP contribution in [-0.2, 0) is 0 Å². The van der Waals surface area contributed by atoms with Crippen LogP contribution in [0.5, 0.6) is 5.75 Å². The summed E-state index contributed by atoms with van der Waals surface area (Å²) in [6.45, 7) is 5.96. The van der Waals surface area contributed by atoms with Gasteiger partial charge in [0.15, 0.2) is 0 Å². The Kier molecular flexibility index (Phi) is 4.51. The number of aromatic amines is 1. The van der Waals surface area contributed by atoms with Gasteiger partial charge in [-0.1, -0.05) is 13.8 Å². The minimum atomic E-state index is 0.739. The maximum absolute atomic E-state index is 5.08. The summed E-state index contributed by atoms with van der Waals surface area (Å²) < 4.78 is 5.08. The fourth-order valence-corrected chi connectivity index (χ4v) is 1.24. The van der Waals surface area contributed by atoms with E-state index < -0.39 is 0 Å². The predicted octanol–water partition coefficient (Wildman–Crippen LogP) is 2.81. The molecule has 4 nitrogen and oxygen atoms in total. The lowest BCUT2D eigenvalue weighted by molar-refractivity contribution is 0.413. The van der Waals surface area contributed by atoms with E-state index in [1.54, 1.807) is 19.5 Å². The van der Waals surface area contributed by atoms with Gasteiger partial charge in [-0.05, 0) is 19.1 Å². The van der Waals surface area contributed by atoms with Gasteiger partial charge in [0, 0.05) is 17.5 Å². The van der Waals surface area contributed by atoms with Gasteiger partial charge in [0.25, 0.3) is 0 Å². The molecule has 0 unspecified atom stereocenters. The van der Waals surface area contributed by atoms with Crippen molar-refractivity contribution in [3.8, 4) is 17.0 Å². The number of H-pyrrole nitrogens is 1. The first kappa shape index (κ1) is 12.2. The topological polar surface area (TPSA) is 50.8 Å². The molecule has 0 atom stereocenters. The Morgan fingerprint density at radius 2 is 1.94 bits per heavy atom. The van der Waals surface area contributed by atoms with E-state index in [9.17, 15) is 0 Å². The number of ether oxygens (including phenoxy) is 1. The number of aromatic nitrogens is 3. The molecule has 0 fully saturated rings. The zero-order valence-electron chi connectivity index (χ0n) is 10.1. The first-order valence-electron chi connectivity index (χ1n) is 5.31. The largest absolute Gasteiger partial charge is 0.495 e. The van der Waals surface area contributed by atoms with Gasteiger partial charge in [-0.15, -0.1) is 0 Å². The number of hydrogen-bond donors (Lipinski definition) is 1. The van der Waals surface area contributed by atoms with Gasteiger partial charge in [-0.2, -0.15) is 5.10 Å². The van der Waals surface area contributed by atoms with Crippen LogP contribution in [0.3, 0.4) is 0 Å². The van der Waals surface area contributed by atoms with Crippen LogP contribution in [0.4, 0.5) is 0 Å². The summed E-state index contributed by atoms with van der Waals surface area (Å²) in [4.78, 5) is 4.06. The molecule has 0 aromatic carbocycles. The molecular weight excluding hydrogens is 202 g/mol. The highest BCUT2D eigenvalue weighted by atomic mass is 16.5. The van der Waals surface area contributed by atoms with Gasteiger partial charge in [0.1, 0.15) is 5.75 Å². The predicted molar refractivity (Wildman–Crippen MR) is 64.5 cm³/mol. The van der Waals surface area contributed by atoms with E-state index in [-0.39, 0.29) is 0 Å². The molecular formula is C12H17N3O. The van der Waals surface area contributed by atoms with Crippen molar-refractivity contribution in [1.82, 2.24) is 15.2 Å². The monoisotopic (exact) mass is 219 g/mol. The van der Waals surface area contributed by atoms with Crippen molar-refractivity contribution in [2.75, 3.05) is 7.11 Å². The minimum absolute atomic E-state index is 0.739. The van der Waals surface area contributed by atoms with Crippen molar-refractivity contribution in [2.24, 2.45) is 0 Å². The smallest absolute Gasteiger partial charge is 0.137 e. The summed E-state index contributed by atoms with van der Waals surface area (Å²) in [5.41, 5.74) is 2.87. The van der Waals surface area contributed by atoms with Crippen molar-refractivity contribution >= 4 is 0 Å². The molecule has 16 heavy (non-hydrogen) atoms. The highest BCUT2D eigenvalue weighted by Crippen LogP contribution is 2.20. The van der Waals surface area contributed by atoms with Crippen LogP contribution in [0.25, 0.3) is 11.3 Å². The quantitative estimate of drug-likeness (QED) is 0.845. The highest BCUT2D eigenvalue weighted by Gasteiger charge is 2.03. The van der Waals surface area contributed by atoms with Crippen molar-refractivity contribution in [3.05, 3.63) is 30.2 Å². The van der Waals surface area contributed by atoms with E-state index in [1.165, 1.54) is 0 Å². The molecule has 0 saturated carbocycles. The van der Waals surface area contributed by atoms with E-state index in [0.717, 1.165) is 22.7 Å². The standard InChI is InChI=1S/C10H11N3O.C2H6/c1-7-3-10(13-12-7)8-4-9(14-2)6-11-5-8;1-2/h3-6H,1-2H3,(H,12,13);1-2H3. The lowest BCUT2D eigenvalue weighted by Crippen LogP contribution is -1.86. The van der Waals surface area contributed by atoms with Crippen LogP contribution in [0.2, 0.25) is 0 Å². The fraction of sp³-hybridized carbons (Fsp3) is 0.333. The van der Waals surface area contributed by atoms with Crippen LogP contribution in [0, 0.1) is 6.92 Å². The Morgan fingerprint density at radius 1 is 1.19 bits per heavy atom. The van der Waals surface area contributed by atoms with E-state index in [1.807, 2.05) is 32.9 Å². The Hall–Kier alpha value is -1.84. The number of pyridine rings is 1. The van der Waals surface area contributed by atoms with E-state index in [2.05, 4.69) is 15.2 Å². The zero-order chi connectivity index (χ0) is 12.0. The van der Waals surface area contributed by atoms with Gasteiger partial charge in [-0.25, -0.2) is 0 Å². The number of aryl methyl sites for hydroxylation is 1. The lowest BCUT2D eigenvalue weighted by atomic mass is 10.2. The third kappa shape index (κ3) is 2.82. The van der Waals surface area contributed by atoms with Gasteiger partial charge in [0.2, 0.25) is 0 Å². The Balaban J connectivity index is 0.000000606. The number of hydrogen-bond acceptors (Lipinski definition) is 3. The first-order chi connectivity index (χ1) is 7.79. The average Bonchev–Trinajstić information content (AvgIpc) is 2.79. The second kappa shape index (κ2) is 5.90. The maximum Gasteiger partial charge on any atom is 0.137 e. The van der Waals surface area contributed by atoms with Crippen LogP contribution in [-0.4, -0.2) is 22.3 Å². The molecule has 0 saturated heterocycles. The van der Waals surface area contributed by atoms with E-state index in [4.69, 9.17) is 4.74 Å². The van der Waals surface area contributed by atoms with Gasteiger partial charge in [-0.3, -0.25) is 10.1 Å². The molecule has 0 bridgehead atoms. The Morgan fingerprint density at radius 3 is 2.50 bits per heavy atom. The van der Waals surface area contributed by atoms with E-state index in [0.29, 0.717) is 0 Å². The number of methoxy groups -OCH3 is 1. The summed E-state index contributed by atoms with van der Waals surface area (Å²) in [7, 11) is 1.62. The molecule has 4 heteroatoms. The molecule has 0 aliphatic heterocycles. The van der Waals surface area contributed by atoms with Crippen molar-refractivity contribution in [3.63, 3.8) is 0 Å². The van der Waals surface area contributed by atoms with Gasteiger partial charge >= 0.3 is 0 Å². The highest BCUT2D eigenvalue weighted by molar-refractivity contribution is 5.59. The molecule has 0 aliphatic rings. The number of rotatable bonds is 2.